The molecule has 0 aliphatic carbocycles. The Morgan fingerprint density at radius 1 is 0.962 bits per heavy atom. The fraction of sp³-hybridized carbons (Fsp3) is 0.0526. The molecule has 0 unspecified atom stereocenters. The molecule has 0 spiro atoms. The van der Waals surface area contributed by atoms with E-state index in [0.29, 0.717) is 17.8 Å². The molecule has 0 saturated heterocycles. The van der Waals surface area contributed by atoms with E-state index in [1.54, 1.807) is 12.1 Å². The minimum atomic E-state index is -1.23. The predicted molar refractivity (Wildman–Crippen MR) is 94.2 cm³/mol. The summed E-state index contributed by atoms with van der Waals surface area (Å²) >= 11 is 5.69. The number of amides is 1. The van der Waals surface area contributed by atoms with Gasteiger partial charge in [-0.3, -0.25) is 4.79 Å². The second kappa shape index (κ2) is 7.49. The quantitative estimate of drug-likeness (QED) is 0.537. The Morgan fingerprint density at radius 2 is 1.65 bits per heavy atom. The number of carbonyl (C=O) groups is 2. The number of halogens is 3. The van der Waals surface area contributed by atoms with Crippen molar-refractivity contribution in [1.82, 2.24) is 0 Å². The highest BCUT2D eigenvalue weighted by Gasteiger charge is 2.17. The molecule has 1 amide bonds. The van der Waals surface area contributed by atoms with Crippen LogP contribution >= 0.6 is 11.6 Å². The Kier molecular flexibility index (Phi) is 5.14. The lowest BCUT2D eigenvalue weighted by Gasteiger charge is -2.08. The van der Waals surface area contributed by atoms with Crippen molar-refractivity contribution in [3.63, 3.8) is 0 Å². The van der Waals surface area contributed by atoms with E-state index in [1.807, 2.05) is 30.3 Å². The summed E-state index contributed by atoms with van der Waals surface area (Å²) in [5.74, 6) is -4.02. The zero-order valence-electron chi connectivity index (χ0n) is 13.3. The lowest BCUT2D eigenvalue weighted by atomic mass is 10.1. The maximum atomic E-state index is 13.2. The number of hydrogen-bond acceptors (Lipinski definition) is 3. The van der Waals surface area contributed by atoms with Gasteiger partial charge in [-0.1, -0.05) is 41.9 Å². The molecule has 0 fully saturated rings. The molecule has 0 aromatic heterocycles. The van der Waals surface area contributed by atoms with Crippen LogP contribution in [0.4, 0.5) is 14.5 Å². The van der Waals surface area contributed by atoms with Crippen LogP contribution in [0.25, 0.3) is 10.8 Å². The van der Waals surface area contributed by atoms with Gasteiger partial charge in [-0.25, -0.2) is 13.6 Å². The molecule has 0 aliphatic heterocycles. The molecule has 0 aliphatic rings. The van der Waals surface area contributed by atoms with Gasteiger partial charge in [0.05, 0.1) is 10.6 Å². The number of anilines is 1. The third-order valence-electron chi connectivity index (χ3n) is 3.60. The van der Waals surface area contributed by atoms with Gasteiger partial charge >= 0.3 is 5.97 Å². The highest BCUT2D eigenvalue weighted by Crippen LogP contribution is 2.21. The Hall–Kier alpha value is -2.99. The van der Waals surface area contributed by atoms with Gasteiger partial charge < -0.3 is 10.1 Å². The van der Waals surface area contributed by atoms with Gasteiger partial charge in [0.2, 0.25) is 0 Å². The first-order valence-corrected chi connectivity index (χ1v) is 7.92. The topological polar surface area (TPSA) is 55.4 Å². The molecule has 3 aromatic rings. The van der Waals surface area contributed by atoms with Crippen molar-refractivity contribution < 1.29 is 23.1 Å². The van der Waals surface area contributed by atoms with Gasteiger partial charge in [-0.05, 0) is 35.0 Å². The minimum absolute atomic E-state index is 0.302. The van der Waals surface area contributed by atoms with Crippen molar-refractivity contribution in [3.8, 4) is 0 Å². The van der Waals surface area contributed by atoms with Crippen LogP contribution < -0.4 is 5.32 Å². The molecule has 7 heteroatoms. The number of carbonyl (C=O) groups excluding carboxylic acids is 2. The van der Waals surface area contributed by atoms with Crippen molar-refractivity contribution in [2.45, 2.75) is 0 Å². The molecule has 26 heavy (non-hydrogen) atoms. The van der Waals surface area contributed by atoms with Crippen molar-refractivity contribution in [2.75, 3.05) is 11.9 Å². The zero-order valence-corrected chi connectivity index (χ0v) is 14.0. The number of hydrogen-bond donors (Lipinski definition) is 1. The zero-order chi connectivity index (χ0) is 18.7. The SMILES string of the molecule is O=C(COC(=O)c1cc(F)c(F)cc1Cl)Nc1ccc2ccccc2c1. The van der Waals surface area contributed by atoms with Crippen LogP contribution in [0.3, 0.4) is 0 Å². The third-order valence-corrected chi connectivity index (χ3v) is 3.91. The monoisotopic (exact) mass is 375 g/mol. The van der Waals surface area contributed by atoms with Crippen LogP contribution in [0, 0.1) is 11.6 Å². The third kappa shape index (κ3) is 3.97. The van der Waals surface area contributed by atoms with Crippen LogP contribution in [-0.4, -0.2) is 18.5 Å². The summed E-state index contributed by atoms with van der Waals surface area (Å²) in [6.45, 7) is -0.596. The molecule has 132 valence electrons. The first-order chi connectivity index (χ1) is 12.4. The first-order valence-electron chi connectivity index (χ1n) is 7.54. The van der Waals surface area contributed by atoms with Crippen molar-refractivity contribution in [1.29, 1.82) is 0 Å². The fourth-order valence-electron chi connectivity index (χ4n) is 2.35. The fourth-order valence-corrected chi connectivity index (χ4v) is 2.58. The van der Waals surface area contributed by atoms with E-state index in [-0.39, 0.29) is 10.6 Å². The van der Waals surface area contributed by atoms with Gasteiger partial charge in [-0.15, -0.1) is 0 Å². The maximum absolute atomic E-state index is 13.2. The molecule has 1 N–H and O–H groups in total. The van der Waals surface area contributed by atoms with E-state index in [9.17, 15) is 18.4 Å². The Morgan fingerprint density at radius 3 is 2.42 bits per heavy atom. The van der Waals surface area contributed by atoms with Crippen molar-refractivity contribution >= 4 is 39.9 Å². The average Bonchev–Trinajstić information content (AvgIpc) is 2.62. The Balaban J connectivity index is 1.63. The number of esters is 1. The second-order valence-corrected chi connectivity index (χ2v) is 5.84. The molecule has 0 saturated carbocycles. The van der Waals surface area contributed by atoms with E-state index in [1.165, 1.54) is 0 Å². The molecule has 4 nitrogen and oxygen atoms in total. The van der Waals surface area contributed by atoms with E-state index in [2.05, 4.69) is 5.32 Å². The van der Waals surface area contributed by atoms with E-state index >= 15 is 0 Å². The van der Waals surface area contributed by atoms with Crippen LogP contribution in [0.2, 0.25) is 5.02 Å². The summed E-state index contributed by atoms with van der Waals surface area (Å²) in [7, 11) is 0. The number of benzene rings is 3. The molecular weight excluding hydrogens is 364 g/mol. The predicted octanol–water partition coefficient (Wildman–Crippen LogP) is 4.57. The van der Waals surface area contributed by atoms with Crippen LogP contribution in [0.15, 0.2) is 54.6 Å². The highest BCUT2D eigenvalue weighted by atomic mass is 35.5. The molecular formula is C19H12ClF2NO3. The molecule has 0 atom stereocenters. The molecule has 0 bridgehead atoms. The smallest absolute Gasteiger partial charge is 0.340 e. The lowest BCUT2D eigenvalue weighted by Crippen LogP contribution is -2.21. The summed E-state index contributed by atoms with van der Waals surface area (Å²) < 4.78 is 31.0. The average molecular weight is 376 g/mol. The Bertz CT molecular complexity index is 1010. The molecule has 0 heterocycles. The summed E-state index contributed by atoms with van der Waals surface area (Å²) in [5.41, 5.74) is 0.180. The van der Waals surface area contributed by atoms with E-state index < -0.39 is 30.1 Å². The van der Waals surface area contributed by atoms with Crippen LogP contribution in [-0.2, 0) is 9.53 Å². The first kappa shape index (κ1) is 17.8. The summed E-state index contributed by atoms with van der Waals surface area (Å²) in [5, 5.41) is 4.25. The second-order valence-electron chi connectivity index (χ2n) is 5.43. The summed E-state index contributed by atoms with van der Waals surface area (Å²) in [6, 6.07) is 14.3. The summed E-state index contributed by atoms with van der Waals surface area (Å²) in [4.78, 5) is 23.8. The molecule has 3 aromatic carbocycles. The highest BCUT2D eigenvalue weighted by molar-refractivity contribution is 6.33. The van der Waals surface area contributed by atoms with Gasteiger partial charge in [0, 0.05) is 5.69 Å². The Labute approximate surface area is 152 Å². The molecule has 3 rings (SSSR count). The van der Waals surface area contributed by atoms with Gasteiger partial charge in [-0.2, -0.15) is 0 Å². The normalized spacial score (nSPS) is 10.6. The number of rotatable bonds is 4. The van der Waals surface area contributed by atoms with Crippen LogP contribution in [0.1, 0.15) is 10.4 Å². The van der Waals surface area contributed by atoms with Gasteiger partial charge in [0.1, 0.15) is 0 Å². The van der Waals surface area contributed by atoms with Gasteiger partial charge in [0.25, 0.3) is 5.91 Å². The minimum Gasteiger partial charge on any atom is -0.452 e. The largest absolute Gasteiger partial charge is 0.452 e. The number of fused-ring (bicyclic) bond motifs is 1. The standard InChI is InChI=1S/C19H12ClF2NO3/c20-15-9-17(22)16(21)8-14(15)19(25)26-10-18(24)23-13-6-5-11-3-1-2-4-12(11)7-13/h1-9H,10H2,(H,23,24). The van der Waals surface area contributed by atoms with E-state index in [0.717, 1.165) is 10.8 Å². The van der Waals surface area contributed by atoms with Crippen LogP contribution in [0.5, 0.6) is 0 Å². The maximum Gasteiger partial charge on any atom is 0.340 e. The van der Waals surface area contributed by atoms with Crippen molar-refractivity contribution in [2.24, 2.45) is 0 Å². The van der Waals surface area contributed by atoms with Crippen molar-refractivity contribution in [3.05, 3.63) is 76.8 Å². The van der Waals surface area contributed by atoms with Gasteiger partial charge in [0.15, 0.2) is 18.2 Å². The van der Waals surface area contributed by atoms with E-state index in [4.69, 9.17) is 16.3 Å². The number of ether oxygens (including phenoxy) is 1. The summed E-state index contributed by atoms with van der Waals surface area (Å²) in [6.07, 6.45) is 0. The lowest BCUT2D eigenvalue weighted by molar-refractivity contribution is -0.119. The number of nitrogens with one attached hydrogen (secondary N) is 1. The molecule has 0 radical (unpaired) electrons.